The van der Waals surface area contributed by atoms with E-state index in [0.717, 1.165) is 11.9 Å². The maximum absolute atomic E-state index is 13.1. The first-order valence-corrected chi connectivity index (χ1v) is 7.43. The molecule has 2 heterocycles. The second-order valence-electron chi connectivity index (χ2n) is 5.47. The van der Waals surface area contributed by atoms with E-state index in [1.807, 2.05) is 13.0 Å². The molecule has 9 heteroatoms. The van der Waals surface area contributed by atoms with E-state index in [-0.39, 0.29) is 11.3 Å². The summed E-state index contributed by atoms with van der Waals surface area (Å²) in [6.07, 6.45) is -2.27. The van der Waals surface area contributed by atoms with Crippen molar-refractivity contribution in [1.29, 1.82) is 0 Å². The molecule has 0 aliphatic heterocycles. The molecule has 6 nitrogen and oxygen atoms in total. The van der Waals surface area contributed by atoms with Crippen molar-refractivity contribution in [3.05, 3.63) is 59.8 Å². The van der Waals surface area contributed by atoms with Gasteiger partial charge in [0.25, 0.3) is 0 Å². The second-order valence-corrected chi connectivity index (χ2v) is 5.47. The molecule has 0 amide bonds. The second kappa shape index (κ2) is 6.58. The van der Waals surface area contributed by atoms with E-state index >= 15 is 0 Å². The highest BCUT2D eigenvalue weighted by atomic mass is 19.4. The van der Waals surface area contributed by atoms with Crippen LogP contribution >= 0.6 is 0 Å². The number of hydrogen-bond acceptors (Lipinski definition) is 5. The third kappa shape index (κ3) is 3.41. The van der Waals surface area contributed by atoms with Crippen LogP contribution in [-0.2, 0) is 10.9 Å². The summed E-state index contributed by atoms with van der Waals surface area (Å²) in [5.74, 6) is -1.88. The van der Waals surface area contributed by atoms with Gasteiger partial charge in [0.2, 0.25) is 5.82 Å². The minimum atomic E-state index is -4.69. The van der Waals surface area contributed by atoms with Crippen LogP contribution in [0.25, 0.3) is 16.9 Å². The minimum Gasteiger partial charge on any atom is -0.465 e. The van der Waals surface area contributed by atoms with Crippen LogP contribution in [0.1, 0.15) is 21.7 Å². The topological polar surface area (TPSA) is 69.9 Å². The van der Waals surface area contributed by atoms with E-state index < -0.39 is 18.0 Å². The van der Waals surface area contributed by atoms with Crippen molar-refractivity contribution < 1.29 is 22.7 Å². The zero-order valence-electron chi connectivity index (χ0n) is 13.8. The molecule has 0 atom stereocenters. The zero-order valence-corrected chi connectivity index (χ0v) is 13.8. The maximum Gasteiger partial charge on any atom is 0.451 e. The molecule has 0 saturated heterocycles. The molecule has 0 spiro atoms. The van der Waals surface area contributed by atoms with Gasteiger partial charge in [-0.1, -0.05) is 6.07 Å². The molecule has 0 bridgehead atoms. The summed E-state index contributed by atoms with van der Waals surface area (Å²) < 4.78 is 44.7. The quantitative estimate of drug-likeness (QED) is 0.668. The average molecular weight is 362 g/mol. The van der Waals surface area contributed by atoms with Gasteiger partial charge in [0.05, 0.1) is 24.1 Å². The van der Waals surface area contributed by atoms with Crippen molar-refractivity contribution >= 4 is 5.97 Å². The van der Waals surface area contributed by atoms with Crippen LogP contribution in [0.4, 0.5) is 13.2 Å². The number of aromatic nitrogens is 4. The average Bonchev–Trinajstić information content (AvgIpc) is 3.11. The Bertz CT molecular complexity index is 949. The lowest BCUT2D eigenvalue weighted by Crippen LogP contribution is -2.15. The van der Waals surface area contributed by atoms with Gasteiger partial charge >= 0.3 is 12.1 Å². The Kier molecular flexibility index (Phi) is 4.45. The van der Waals surface area contributed by atoms with Gasteiger partial charge in [-0.2, -0.15) is 18.3 Å². The Morgan fingerprint density at radius 1 is 1.15 bits per heavy atom. The number of pyridine rings is 1. The van der Waals surface area contributed by atoms with Crippen LogP contribution in [0.15, 0.2) is 42.9 Å². The smallest absolute Gasteiger partial charge is 0.451 e. The number of hydrogen-bond donors (Lipinski definition) is 0. The van der Waals surface area contributed by atoms with Gasteiger partial charge in [-0.05, 0) is 36.8 Å². The molecule has 0 saturated carbocycles. The summed E-state index contributed by atoms with van der Waals surface area (Å²) in [5, 5.41) is 3.64. The number of alkyl halides is 3. The number of halogens is 3. The van der Waals surface area contributed by atoms with Gasteiger partial charge in [0.15, 0.2) is 0 Å². The molecule has 3 rings (SSSR count). The standard InChI is InChI=1S/C17H13F3N4O2/c1-10-3-4-14(21-8-10)11-5-12(15(25)26-2)7-13(6-11)24-16(17(18,19)20)22-9-23-24/h3-9H,1-2H3. The summed E-state index contributed by atoms with van der Waals surface area (Å²) in [4.78, 5) is 19.5. The molecule has 0 N–H and O–H groups in total. The number of esters is 1. The van der Waals surface area contributed by atoms with Crippen molar-refractivity contribution in [2.75, 3.05) is 7.11 Å². The van der Waals surface area contributed by atoms with Crippen LogP contribution in [0.2, 0.25) is 0 Å². The molecule has 0 unspecified atom stereocenters. The molecule has 0 radical (unpaired) electrons. The number of nitrogens with zero attached hydrogens (tertiary/aromatic N) is 4. The highest BCUT2D eigenvalue weighted by Crippen LogP contribution is 2.30. The van der Waals surface area contributed by atoms with Crippen LogP contribution in [0.5, 0.6) is 0 Å². The Morgan fingerprint density at radius 3 is 2.54 bits per heavy atom. The monoisotopic (exact) mass is 362 g/mol. The molecule has 3 aromatic rings. The normalized spacial score (nSPS) is 11.4. The molecule has 0 fully saturated rings. The van der Waals surface area contributed by atoms with E-state index in [9.17, 15) is 18.0 Å². The molecule has 0 aliphatic carbocycles. The maximum atomic E-state index is 13.1. The molecule has 134 valence electrons. The summed E-state index contributed by atoms with van der Waals surface area (Å²) >= 11 is 0. The third-order valence-electron chi connectivity index (χ3n) is 3.59. The fourth-order valence-corrected chi connectivity index (χ4v) is 2.38. The molecular weight excluding hydrogens is 349 g/mol. The van der Waals surface area contributed by atoms with Crippen molar-refractivity contribution in [2.24, 2.45) is 0 Å². The first-order chi connectivity index (χ1) is 12.3. The van der Waals surface area contributed by atoms with Crippen LogP contribution in [0.3, 0.4) is 0 Å². The van der Waals surface area contributed by atoms with Crippen molar-refractivity contribution in [1.82, 2.24) is 19.7 Å². The first-order valence-electron chi connectivity index (χ1n) is 7.43. The summed E-state index contributed by atoms with van der Waals surface area (Å²) in [7, 11) is 1.19. The molecule has 2 aromatic heterocycles. The number of ether oxygens (including phenoxy) is 1. The van der Waals surface area contributed by atoms with Crippen LogP contribution < -0.4 is 0 Å². The summed E-state index contributed by atoms with van der Waals surface area (Å²) in [5.41, 5.74) is 1.97. The van der Waals surface area contributed by atoms with Crippen LogP contribution in [0, 0.1) is 6.92 Å². The lowest BCUT2D eigenvalue weighted by Gasteiger charge is -2.12. The number of rotatable bonds is 3. The van der Waals surface area contributed by atoms with Crippen LogP contribution in [-0.4, -0.2) is 32.8 Å². The molecule has 1 aromatic carbocycles. The van der Waals surface area contributed by atoms with E-state index in [1.165, 1.54) is 25.3 Å². The van der Waals surface area contributed by atoms with E-state index in [1.54, 1.807) is 12.3 Å². The minimum absolute atomic E-state index is 0.0232. The Morgan fingerprint density at radius 2 is 1.92 bits per heavy atom. The molecule has 26 heavy (non-hydrogen) atoms. The molecular formula is C17H13F3N4O2. The highest BCUT2D eigenvalue weighted by molar-refractivity contribution is 5.91. The SMILES string of the molecule is COC(=O)c1cc(-c2ccc(C)cn2)cc(-n2ncnc2C(F)(F)F)c1. The fraction of sp³-hybridized carbons (Fsp3) is 0.176. The largest absolute Gasteiger partial charge is 0.465 e. The number of carbonyl (C=O) groups excluding carboxylic acids is 1. The van der Waals surface area contributed by atoms with Crippen molar-refractivity contribution in [3.8, 4) is 16.9 Å². The lowest BCUT2D eigenvalue weighted by molar-refractivity contribution is -0.146. The van der Waals surface area contributed by atoms with E-state index in [4.69, 9.17) is 0 Å². The van der Waals surface area contributed by atoms with Gasteiger partial charge in [0.1, 0.15) is 6.33 Å². The van der Waals surface area contributed by atoms with Crippen molar-refractivity contribution in [3.63, 3.8) is 0 Å². The Labute approximate surface area is 146 Å². The number of methoxy groups -OCH3 is 1. The third-order valence-corrected chi connectivity index (χ3v) is 3.59. The van der Waals surface area contributed by atoms with Gasteiger partial charge in [-0.25, -0.2) is 14.5 Å². The lowest BCUT2D eigenvalue weighted by atomic mass is 10.1. The van der Waals surface area contributed by atoms with E-state index in [0.29, 0.717) is 15.9 Å². The molecule has 0 aliphatic rings. The Hall–Kier alpha value is -3.23. The Balaban J connectivity index is 2.20. The van der Waals surface area contributed by atoms with E-state index in [2.05, 4.69) is 19.8 Å². The zero-order chi connectivity index (χ0) is 18.9. The summed E-state index contributed by atoms with van der Waals surface area (Å²) in [6.45, 7) is 1.86. The number of carbonyl (C=O) groups is 1. The highest BCUT2D eigenvalue weighted by Gasteiger charge is 2.37. The van der Waals surface area contributed by atoms with Gasteiger partial charge in [-0.15, -0.1) is 0 Å². The first kappa shape index (κ1) is 17.6. The number of benzene rings is 1. The predicted octanol–water partition coefficient (Wildman–Crippen LogP) is 3.44. The van der Waals surface area contributed by atoms with Gasteiger partial charge in [-0.3, -0.25) is 4.98 Å². The van der Waals surface area contributed by atoms with Crippen molar-refractivity contribution in [2.45, 2.75) is 13.1 Å². The predicted molar refractivity (Wildman–Crippen MR) is 85.7 cm³/mol. The summed E-state index contributed by atoms with van der Waals surface area (Å²) in [6, 6.07) is 7.73. The number of aryl methyl sites for hydroxylation is 1. The fourth-order valence-electron chi connectivity index (χ4n) is 2.38. The van der Waals surface area contributed by atoms with Gasteiger partial charge in [0, 0.05) is 11.8 Å². The van der Waals surface area contributed by atoms with Gasteiger partial charge < -0.3 is 4.74 Å².